The largest absolute Gasteiger partial charge is 0.325 e. The zero-order valence-electron chi connectivity index (χ0n) is 19.4. The lowest BCUT2D eigenvalue weighted by Gasteiger charge is -2.27. The number of pyridine rings is 1. The summed E-state index contributed by atoms with van der Waals surface area (Å²) in [6.07, 6.45) is 7.13. The summed E-state index contributed by atoms with van der Waals surface area (Å²) >= 11 is 0.860. The zero-order chi connectivity index (χ0) is 24.8. The molecule has 1 aliphatic heterocycles. The number of hydrogen-bond donors (Lipinski definition) is 3. The predicted octanol–water partition coefficient (Wildman–Crippen LogP) is 4.19. The van der Waals surface area contributed by atoms with E-state index >= 15 is 0 Å². The summed E-state index contributed by atoms with van der Waals surface area (Å²) in [7, 11) is 0. The molecule has 2 aliphatic rings. The van der Waals surface area contributed by atoms with Gasteiger partial charge in [0.15, 0.2) is 0 Å². The van der Waals surface area contributed by atoms with Crippen molar-refractivity contribution in [2.75, 3.05) is 0 Å². The monoisotopic (exact) mass is 494 g/mol. The first-order valence-corrected chi connectivity index (χ1v) is 12.3. The second kappa shape index (κ2) is 11.4. The highest BCUT2D eigenvalue weighted by atomic mass is 32.2. The third-order valence-electron chi connectivity index (χ3n) is 5.93. The predicted molar refractivity (Wildman–Crippen MR) is 138 cm³/mol. The van der Waals surface area contributed by atoms with Crippen LogP contribution in [-0.2, 0) is 11.3 Å². The second-order valence-electron chi connectivity index (χ2n) is 8.36. The topological polar surface area (TPSA) is 108 Å². The summed E-state index contributed by atoms with van der Waals surface area (Å²) < 4.78 is 13.4. The fraction of sp³-hybridized carbons (Fsp3) is 0.320. The van der Waals surface area contributed by atoms with Gasteiger partial charge in [-0.25, -0.2) is 14.4 Å². The van der Waals surface area contributed by atoms with Crippen molar-refractivity contribution in [3.05, 3.63) is 64.6 Å². The maximum atomic E-state index is 13.4. The number of halogens is 1. The van der Waals surface area contributed by atoms with Crippen LogP contribution in [0, 0.1) is 5.82 Å². The van der Waals surface area contributed by atoms with Crippen LogP contribution in [0.25, 0.3) is 10.9 Å². The Kier molecular flexibility index (Phi) is 8.04. The van der Waals surface area contributed by atoms with Crippen LogP contribution in [0.3, 0.4) is 0 Å². The number of benzene rings is 1. The van der Waals surface area contributed by atoms with Gasteiger partial charge in [-0.15, -0.1) is 0 Å². The number of guanidine groups is 1. The number of rotatable bonds is 6. The average molecular weight is 495 g/mol. The van der Waals surface area contributed by atoms with Gasteiger partial charge in [0.2, 0.25) is 5.96 Å². The highest BCUT2D eigenvalue weighted by Crippen LogP contribution is 2.25. The number of allylic oxidation sites excluding steroid dienone is 2. The van der Waals surface area contributed by atoms with Gasteiger partial charge < -0.3 is 10.6 Å². The summed E-state index contributed by atoms with van der Waals surface area (Å²) in [4.78, 5) is 36.8. The molecule has 2 fully saturated rings. The van der Waals surface area contributed by atoms with E-state index in [1.165, 1.54) is 12.1 Å². The molecule has 0 unspecified atom stereocenters. The number of thioether (sulfide) groups is 1. The summed E-state index contributed by atoms with van der Waals surface area (Å²) in [6, 6.07) is 8.93. The lowest BCUT2D eigenvalue weighted by atomic mass is 9.91. The third-order valence-corrected chi connectivity index (χ3v) is 6.74. The summed E-state index contributed by atoms with van der Waals surface area (Å²) in [5, 5.41) is 9.31. The van der Waals surface area contributed by atoms with Gasteiger partial charge in [0, 0.05) is 23.7 Å². The van der Waals surface area contributed by atoms with Crippen LogP contribution >= 0.6 is 11.8 Å². The number of nitrogens with one attached hydrogen (secondary N) is 3. The maximum absolute atomic E-state index is 13.4. The van der Waals surface area contributed by atoms with Gasteiger partial charge in [-0.1, -0.05) is 12.1 Å². The van der Waals surface area contributed by atoms with Crippen molar-refractivity contribution in [2.24, 2.45) is 9.98 Å². The van der Waals surface area contributed by atoms with Crippen molar-refractivity contribution in [3.63, 3.8) is 0 Å². The molecule has 1 saturated carbocycles. The van der Waals surface area contributed by atoms with E-state index in [2.05, 4.69) is 32.6 Å². The minimum Gasteiger partial charge on any atom is -0.325 e. The van der Waals surface area contributed by atoms with Gasteiger partial charge in [0.25, 0.3) is 11.1 Å². The van der Waals surface area contributed by atoms with Gasteiger partial charge in [0.1, 0.15) is 5.82 Å². The van der Waals surface area contributed by atoms with Crippen molar-refractivity contribution in [2.45, 2.75) is 51.2 Å². The van der Waals surface area contributed by atoms with E-state index in [1.54, 1.807) is 18.2 Å². The highest BCUT2D eigenvalue weighted by molar-refractivity contribution is 8.18. The van der Waals surface area contributed by atoms with Crippen LogP contribution in [-0.4, -0.2) is 40.9 Å². The Labute approximate surface area is 207 Å². The number of imide groups is 1. The number of nitrogens with zero attached hydrogens (tertiary/aromatic N) is 3. The first kappa shape index (κ1) is 24.7. The Morgan fingerprint density at radius 1 is 1.26 bits per heavy atom. The minimum atomic E-state index is -0.412. The fourth-order valence-corrected chi connectivity index (χ4v) is 4.74. The molecule has 2 heterocycles. The smallest absolute Gasteiger partial charge is 0.290 e. The van der Waals surface area contributed by atoms with Gasteiger partial charge in [-0.3, -0.25) is 19.9 Å². The van der Waals surface area contributed by atoms with E-state index in [1.807, 2.05) is 19.1 Å². The molecule has 35 heavy (non-hydrogen) atoms. The molecule has 1 aromatic heterocycles. The van der Waals surface area contributed by atoms with Crippen LogP contribution < -0.4 is 16.0 Å². The lowest BCUT2D eigenvalue weighted by Crippen LogP contribution is -2.34. The van der Waals surface area contributed by atoms with Gasteiger partial charge >= 0.3 is 0 Å². The van der Waals surface area contributed by atoms with E-state index in [0.717, 1.165) is 54.0 Å². The summed E-state index contributed by atoms with van der Waals surface area (Å²) in [5.74, 6) is -0.284. The Bertz CT molecular complexity index is 1230. The first-order chi connectivity index (χ1) is 16.9. The van der Waals surface area contributed by atoms with Crippen molar-refractivity contribution < 1.29 is 14.0 Å². The van der Waals surface area contributed by atoms with E-state index < -0.39 is 5.91 Å². The molecule has 1 aliphatic carbocycles. The van der Waals surface area contributed by atoms with Crippen LogP contribution in [0.15, 0.2) is 63.1 Å². The molecule has 0 bridgehead atoms. The molecule has 2 amide bonds. The van der Waals surface area contributed by atoms with E-state index in [-0.39, 0.29) is 17.1 Å². The SMILES string of the molecule is C=NC(=NC1CCC(NCc2ccc3cc(F)ccc3n2)CC1)NC(=C\C)/C=C1\SC(=O)NC1=O. The molecule has 4 rings (SSSR count). The van der Waals surface area contributed by atoms with Crippen molar-refractivity contribution in [1.82, 2.24) is 20.9 Å². The van der Waals surface area contributed by atoms with Crippen LogP contribution in [0.4, 0.5) is 9.18 Å². The summed E-state index contributed by atoms with van der Waals surface area (Å²) in [6.45, 7) is 6.08. The number of hydrogen-bond acceptors (Lipinski definition) is 6. The Balaban J connectivity index is 1.28. The Hall–Kier alpha value is -3.37. The normalized spacial score (nSPS) is 22.5. The molecule has 8 nitrogen and oxygen atoms in total. The molecule has 3 N–H and O–H groups in total. The molecule has 10 heteroatoms. The fourth-order valence-electron chi connectivity index (χ4n) is 4.06. The molecule has 182 valence electrons. The number of carbonyl (C=O) groups is 2. The van der Waals surface area contributed by atoms with Crippen molar-refractivity contribution in [3.8, 4) is 0 Å². The van der Waals surface area contributed by atoms with Crippen LogP contribution in [0.2, 0.25) is 0 Å². The average Bonchev–Trinajstić information content (AvgIpc) is 3.18. The van der Waals surface area contributed by atoms with E-state index in [4.69, 9.17) is 4.99 Å². The third kappa shape index (κ3) is 6.61. The molecule has 0 radical (unpaired) electrons. The van der Waals surface area contributed by atoms with Crippen molar-refractivity contribution >= 4 is 46.5 Å². The number of carbonyl (C=O) groups excluding carboxylic acids is 2. The van der Waals surface area contributed by atoms with Crippen LogP contribution in [0.1, 0.15) is 38.3 Å². The van der Waals surface area contributed by atoms with E-state index in [9.17, 15) is 14.0 Å². The maximum Gasteiger partial charge on any atom is 0.290 e. The quantitative estimate of drug-likeness (QED) is 0.316. The number of fused-ring (bicyclic) bond motifs is 1. The van der Waals surface area contributed by atoms with Gasteiger partial charge in [0.05, 0.1) is 22.2 Å². The zero-order valence-corrected chi connectivity index (χ0v) is 20.2. The molecule has 0 atom stereocenters. The molecule has 2 aromatic rings. The minimum absolute atomic E-state index is 0.117. The first-order valence-electron chi connectivity index (χ1n) is 11.4. The highest BCUT2D eigenvalue weighted by Gasteiger charge is 2.25. The van der Waals surface area contributed by atoms with Gasteiger partial charge in [-0.2, -0.15) is 0 Å². The van der Waals surface area contributed by atoms with Crippen LogP contribution in [0.5, 0.6) is 0 Å². The Morgan fingerprint density at radius 2 is 2.06 bits per heavy atom. The molecule has 1 aromatic carbocycles. The lowest BCUT2D eigenvalue weighted by molar-refractivity contribution is -0.115. The number of amides is 2. The Morgan fingerprint density at radius 3 is 2.74 bits per heavy atom. The molecule has 0 spiro atoms. The molecule has 1 saturated heterocycles. The van der Waals surface area contributed by atoms with Crippen molar-refractivity contribution in [1.29, 1.82) is 0 Å². The molecular weight excluding hydrogens is 467 g/mol. The molecular formula is C25H27FN6O2S. The standard InChI is InChI=1S/C25H27FN6O2S/c1-3-17(13-22-23(33)32-25(34)35-22)30-24(27-2)31-19-9-7-18(8-10-19)28-14-20-6-4-15-12-16(26)5-11-21(15)29-20/h3-6,11-13,18-19,28H,2,7-10,14H2,1H3,(H,30,31)(H,32,33,34)/b17-3-,22-13-. The van der Waals surface area contributed by atoms with E-state index in [0.29, 0.717) is 29.1 Å². The number of aliphatic imine (C=N–C) groups is 2. The second-order valence-corrected chi connectivity index (χ2v) is 9.37. The number of aromatic nitrogens is 1. The summed E-state index contributed by atoms with van der Waals surface area (Å²) in [5.41, 5.74) is 2.33. The van der Waals surface area contributed by atoms with Gasteiger partial charge in [-0.05, 0) is 81.4 Å².